The third kappa shape index (κ3) is 1.70. The summed E-state index contributed by atoms with van der Waals surface area (Å²) in [6.07, 6.45) is 2.29. The number of rotatable bonds is 3. The zero-order chi connectivity index (χ0) is 11.7. The highest BCUT2D eigenvalue weighted by molar-refractivity contribution is 6.20. The maximum Gasteiger partial charge on any atom is 0.171 e. The lowest BCUT2D eigenvalue weighted by molar-refractivity contribution is 0.112. The van der Waals surface area contributed by atoms with Crippen molar-refractivity contribution in [3.05, 3.63) is 29.1 Å². The Labute approximate surface area is 97.6 Å². The molecular weight excluding hydrogens is 228 g/mol. The van der Waals surface area contributed by atoms with Crippen LogP contribution in [-0.4, -0.2) is 23.4 Å². The molecule has 0 aliphatic rings. The molecule has 1 atom stereocenters. The van der Waals surface area contributed by atoms with Gasteiger partial charge in [0.25, 0.3) is 0 Å². The average molecular weight is 239 g/mol. The molecule has 0 aliphatic heterocycles. The Hall–Kier alpha value is -1.39. The lowest BCUT2D eigenvalue weighted by Gasteiger charge is -2.05. The molecule has 0 radical (unpaired) electrons. The van der Waals surface area contributed by atoms with Crippen molar-refractivity contribution >= 4 is 28.9 Å². The SMILES string of the molecule is COC(Cl)c1[nH]c2ncc(C=O)cc2c1C. The van der Waals surface area contributed by atoms with Crippen molar-refractivity contribution in [1.29, 1.82) is 0 Å². The average Bonchev–Trinajstić information content (AvgIpc) is 2.65. The number of pyridine rings is 1. The van der Waals surface area contributed by atoms with Gasteiger partial charge in [-0.25, -0.2) is 4.98 Å². The minimum Gasteiger partial charge on any atom is -0.360 e. The fourth-order valence-corrected chi connectivity index (χ4v) is 1.86. The van der Waals surface area contributed by atoms with Crippen LogP contribution in [0.3, 0.4) is 0 Å². The minimum atomic E-state index is -0.533. The van der Waals surface area contributed by atoms with Crippen LogP contribution in [0, 0.1) is 6.92 Å². The summed E-state index contributed by atoms with van der Waals surface area (Å²) in [6, 6.07) is 1.78. The Morgan fingerprint density at radius 3 is 3.00 bits per heavy atom. The van der Waals surface area contributed by atoms with Crippen LogP contribution in [0.1, 0.15) is 27.2 Å². The van der Waals surface area contributed by atoms with Crippen molar-refractivity contribution in [3.63, 3.8) is 0 Å². The quantitative estimate of drug-likeness (QED) is 0.661. The molecule has 0 saturated heterocycles. The molecule has 84 valence electrons. The zero-order valence-corrected chi connectivity index (χ0v) is 9.71. The topological polar surface area (TPSA) is 55.0 Å². The summed E-state index contributed by atoms with van der Waals surface area (Å²) in [5, 5.41) is 0.891. The van der Waals surface area contributed by atoms with E-state index in [1.165, 1.54) is 13.3 Å². The van der Waals surface area contributed by atoms with Crippen molar-refractivity contribution in [2.75, 3.05) is 7.11 Å². The number of fused-ring (bicyclic) bond motifs is 1. The zero-order valence-electron chi connectivity index (χ0n) is 8.95. The second kappa shape index (κ2) is 4.23. The second-order valence-electron chi connectivity index (χ2n) is 3.50. The van der Waals surface area contributed by atoms with Crippen molar-refractivity contribution in [2.45, 2.75) is 12.5 Å². The maximum absolute atomic E-state index is 10.7. The summed E-state index contributed by atoms with van der Waals surface area (Å²) < 4.78 is 5.04. The van der Waals surface area contributed by atoms with E-state index in [1.807, 2.05) is 6.92 Å². The van der Waals surface area contributed by atoms with Gasteiger partial charge in [-0.15, -0.1) is 0 Å². The molecule has 5 heteroatoms. The van der Waals surface area contributed by atoms with E-state index >= 15 is 0 Å². The summed E-state index contributed by atoms with van der Waals surface area (Å²) in [6.45, 7) is 1.92. The minimum absolute atomic E-state index is 0.533. The van der Waals surface area contributed by atoms with Crippen LogP contribution in [0.5, 0.6) is 0 Å². The van der Waals surface area contributed by atoms with Crippen LogP contribution in [-0.2, 0) is 4.74 Å². The molecule has 2 aromatic heterocycles. The number of nitrogens with zero attached hydrogens (tertiary/aromatic N) is 1. The first kappa shape index (κ1) is 11.1. The van der Waals surface area contributed by atoms with Crippen LogP contribution in [0.25, 0.3) is 11.0 Å². The molecule has 0 bridgehead atoms. The molecule has 1 unspecified atom stereocenters. The van der Waals surface area contributed by atoms with Crippen LogP contribution >= 0.6 is 11.6 Å². The molecule has 2 aromatic rings. The Morgan fingerprint density at radius 1 is 1.62 bits per heavy atom. The van der Waals surface area contributed by atoms with Crippen LogP contribution in [0.15, 0.2) is 12.3 Å². The number of halogens is 1. The molecule has 1 N–H and O–H groups in total. The highest BCUT2D eigenvalue weighted by Gasteiger charge is 2.15. The number of hydrogen-bond acceptors (Lipinski definition) is 3. The predicted octanol–water partition coefficient (Wildman–Crippen LogP) is 2.57. The van der Waals surface area contributed by atoms with Gasteiger partial charge in [0.15, 0.2) is 11.8 Å². The highest BCUT2D eigenvalue weighted by atomic mass is 35.5. The number of H-pyrrole nitrogens is 1. The van der Waals surface area contributed by atoms with E-state index in [1.54, 1.807) is 6.07 Å². The van der Waals surface area contributed by atoms with Gasteiger partial charge in [0, 0.05) is 24.3 Å². The molecule has 2 rings (SSSR count). The molecule has 4 nitrogen and oxygen atoms in total. The molecule has 2 heterocycles. The van der Waals surface area contributed by atoms with Gasteiger partial charge < -0.3 is 9.72 Å². The third-order valence-corrected chi connectivity index (χ3v) is 2.94. The van der Waals surface area contributed by atoms with Gasteiger partial charge in [0.1, 0.15) is 5.65 Å². The second-order valence-corrected chi connectivity index (χ2v) is 3.89. The van der Waals surface area contributed by atoms with Gasteiger partial charge >= 0.3 is 0 Å². The molecule has 0 saturated carbocycles. The Kier molecular flexibility index (Phi) is 2.94. The van der Waals surface area contributed by atoms with E-state index in [4.69, 9.17) is 16.3 Å². The number of ether oxygens (including phenoxy) is 1. The molecular formula is C11H11ClN2O2. The van der Waals surface area contributed by atoms with Crippen molar-refractivity contribution in [1.82, 2.24) is 9.97 Å². The molecule has 0 fully saturated rings. The first-order valence-electron chi connectivity index (χ1n) is 4.77. The summed E-state index contributed by atoms with van der Waals surface area (Å²) >= 11 is 5.99. The number of nitrogens with one attached hydrogen (secondary N) is 1. The van der Waals surface area contributed by atoms with E-state index in [0.29, 0.717) is 11.2 Å². The molecule has 0 aliphatic carbocycles. The van der Waals surface area contributed by atoms with Gasteiger partial charge in [0.2, 0.25) is 0 Å². The van der Waals surface area contributed by atoms with E-state index in [2.05, 4.69) is 9.97 Å². The monoisotopic (exact) mass is 238 g/mol. The van der Waals surface area contributed by atoms with E-state index < -0.39 is 5.56 Å². The van der Waals surface area contributed by atoms with Crippen LogP contribution < -0.4 is 0 Å². The Balaban J connectivity index is 2.63. The number of aromatic nitrogens is 2. The number of aromatic amines is 1. The van der Waals surface area contributed by atoms with Crippen molar-refractivity contribution in [2.24, 2.45) is 0 Å². The summed E-state index contributed by atoms with van der Waals surface area (Å²) in [5.41, 5.74) is 2.45. The van der Waals surface area contributed by atoms with E-state index in [9.17, 15) is 4.79 Å². The highest BCUT2D eigenvalue weighted by Crippen LogP contribution is 2.29. The normalized spacial score (nSPS) is 12.9. The van der Waals surface area contributed by atoms with E-state index in [0.717, 1.165) is 22.9 Å². The molecule has 0 aromatic carbocycles. The largest absolute Gasteiger partial charge is 0.360 e. The first-order chi connectivity index (χ1) is 7.67. The van der Waals surface area contributed by atoms with Gasteiger partial charge in [-0.2, -0.15) is 0 Å². The van der Waals surface area contributed by atoms with Gasteiger partial charge in [-0.1, -0.05) is 11.6 Å². The van der Waals surface area contributed by atoms with Crippen molar-refractivity contribution in [3.8, 4) is 0 Å². The number of carbonyl (C=O) groups excluding carboxylic acids is 1. The van der Waals surface area contributed by atoms with Crippen LogP contribution in [0.2, 0.25) is 0 Å². The molecule has 0 amide bonds. The number of alkyl halides is 1. The smallest absolute Gasteiger partial charge is 0.171 e. The maximum atomic E-state index is 10.7. The van der Waals surface area contributed by atoms with Gasteiger partial charge in [0.05, 0.1) is 5.69 Å². The summed E-state index contributed by atoms with van der Waals surface area (Å²) in [5.74, 6) is 0. The van der Waals surface area contributed by atoms with Crippen LogP contribution in [0.4, 0.5) is 0 Å². The first-order valence-corrected chi connectivity index (χ1v) is 5.21. The van der Waals surface area contributed by atoms with Gasteiger partial charge in [-0.3, -0.25) is 4.79 Å². The van der Waals surface area contributed by atoms with E-state index in [-0.39, 0.29) is 0 Å². The Bertz CT molecular complexity index is 536. The molecule has 0 spiro atoms. The number of methoxy groups -OCH3 is 1. The summed E-state index contributed by atoms with van der Waals surface area (Å²) in [4.78, 5) is 17.9. The molecule has 16 heavy (non-hydrogen) atoms. The number of aryl methyl sites for hydroxylation is 1. The lowest BCUT2D eigenvalue weighted by Crippen LogP contribution is -1.94. The third-order valence-electron chi connectivity index (χ3n) is 2.54. The predicted molar refractivity (Wildman–Crippen MR) is 61.8 cm³/mol. The van der Waals surface area contributed by atoms with Gasteiger partial charge in [-0.05, 0) is 18.6 Å². The standard InChI is InChI=1S/C11H11ClN2O2/c1-6-8-3-7(5-15)4-13-11(8)14-9(6)10(12)16-2/h3-5,10H,1-2H3,(H,13,14). The number of aldehydes is 1. The fourth-order valence-electron chi connectivity index (χ4n) is 1.64. The summed E-state index contributed by atoms with van der Waals surface area (Å²) in [7, 11) is 1.53. The van der Waals surface area contributed by atoms with Crippen molar-refractivity contribution < 1.29 is 9.53 Å². The number of hydrogen-bond donors (Lipinski definition) is 1. The number of carbonyl (C=O) groups is 1. The Morgan fingerprint density at radius 2 is 2.38 bits per heavy atom. The lowest BCUT2D eigenvalue weighted by atomic mass is 10.1. The fraction of sp³-hybridized carbons (Fsp3) is 0.273.